The van der Waals surface area contributed by atoms with E-state index in [0.717, 1.165) is 32.9 Å². The first-order chi connectivity index (χ1) is 24.3. The predicted octanol–water partition coefficient (Wildman–Crippen LogP) is 12.8. The van der Waals surface area contributed by atoms with Crippen molar-refractivity contribution in [3.63, 3.8) is 0 Å². The van der Waals surface area contributed by atoms with Crippen molar-refractivity contribution in [3.05, 3.63) is 152 Å². The molecule has 228 valence electrons. The molecule has 0 spiro atoms. The van der Waals surface area contributed by atoms with Gasteiger partial charge in [0.05, 0.1) is 37.3 Å². The Hall–Kier alpha value is -5.88. The fourth-order valence-corrected chi connectivity index (χ4v) is 10.1. The number of hydrogen-bond acceptors (Lipinski definition) is 4. The van der Waals surface area contributed by atoms with E-state index in [2.05, 4.69) is 156 Å². The second kappa shape index (κ2) is 10.3. The Morgan fingerprint density at radius 3 is 1.92 bits per heavy atom. The lowest BCUT2D eigenvalue weighted by Gasteiger charge is -2.10. The fraction of sp³-hybridized carbons (Fsp3) is 0. The third-order valence-corrected chi connectivity index (χ3v) is 12.2. The monoisotopic (exact) mass is 659 g/mol. The van der Waals surface area contributed by atoms with Crippen LogP contribution in [0.15, 0.2) is 152 Å². The van der Waals surface area contributed by atoms with Crippen LogP contribution in [0, 0.1) is 0 Å². The van der Waals surface area contributed by atoms with Crippen LogP contribution in [-0.4, -0.2) is 14.5 Å². The lowest BCUT2D eigenvalue weighted by Crippen LogP contribution is -1.94. The Balaban J connectivity index is 1.28. The summed E-state index contributed by atoms with van der Waals surface area (Å²) in [6.07, 6.45) is 0. The summed E-state index contributed by atoms with van der Waals surface area (Å²) in [6.45, 7) is 0. The van der Waals surface area contributed by atoms with Crippen LogP contribution >= 0.6 is 22.7 Å². The van der Waals surface area contributed by atoms with Crippen LogP contribution in [0.3, 0.4) is 0 Å². The molecule has 4 aromatic heterocycles. The minimum absolute atomic E-state index is 0.760. The lowest BCUT2D eigenvalue weighted by molar-refractivity contribution is 1.20. The average Bonchev–Trinajstić information content (AvgIpc) is 3.85. The highest BCUT2D eigenvalue weighted by atomic mass is 32.1. The van der Waals surface area contributed by atoms with E-state index in [-0.39, 0.29) is 0 Å². The molecule has 0 aliphatic heterocycles. The normalized spacial score (nSPS) is 12.1. The molecule has 11 aromatic rings. The molecule has 11 rings (SSSR count). The number of aromatic nitrogens is 3. The molecule has 0 saturated heterocycles. The summed E-state index contributed by atoms with van der Waals surface area (Å²) in [6, 6.07) is 54.4. The largest absolute Gasteiger partial charge is 0.308 e. The number of fused-ring (bicyclic) bond motifs is 11. The first kappa shape index (κ1) is 27.1. The molecule has 0 N–H and O–H groups in total. The van der Waals surface area contributed by atoms with E-state index in [0.29, 0.717) is 0 Å². The van der Waals surface area contributed by atoms with Crippen molar-refractivity contribution in [2.75, 3.05) is 0 Å². The van der Waals surface area contributed by atoms with Crippen LogP contribution in [0.5, 0.6) is 0 Å². The molecule has 0 saturated carbocycles. The highest BCUT2D eigenvalue weighted by molar-refractivity contribution is 7.27. The quantitative estimate of drug-likeness (QED) is 0.189. The van der Waals surface area contributed by atoms with E-state index < -0.39 is 0 Å². The number of hydrogen-bond donors (Lipinski definition) is 0. The number of benzene rings is 7. The van der Waals surface area contributed by atoms with Crippen LogP contribution in [-0.2, 0) is 0 Å². The summed E-state index contributed by atoms with van der Waals surface area (Å²) in [5, 5.41) is 8.65. The molecule has 5 heteroatoms. The Kier molecular flexibility index (Phi) is 5.70. The molecule has 49 heavy (non-hydrogen) atoms. The predicted molar refractivity (Wildman–Crippen MR) is 211 cm³/mol. The maximum Gasteiger partial charge on any atom is 0.162 e. The van der Waals surface area contributed by atoms with E-state index in [1.54, 1.807) is 11.3 Å². The fourth-order valence-electron chi connectivity index (χ4n) is 7.66. The number of thiophene rings is 2. The lowest BCUT2D eigenvalue weighted by atomic mass is 9.99. The van der Waals surface area contributed by atoms with Gasteiger partial charge < -0.3 is 4.57 Å². The van der Waals surface area contributed by atoms with Crippen LogP contribution in [0.2, 0.25) is 0 Å². The van der Waals surface area contributed by atoms with Gasteiger partial charge >= 0.3 is 0 Å². The van der Waals surface area contributed by atoms with Gasteiger partial charge in [0.1, 0.15) is 0 Å². The summed E-state index contributed by atoms with van der Waals surface area (Å²) in [5.74, 6) is 0.760. The first-order valence-electron chi connectivity index (χ1n) is 16.4. The molecule has 4 heterocycles. The highest BCUT2D eigenvalue weighted by Gasteiger charge is 2.22. The van der Waals surface area contributed by atoms with Gasteiger partial charge in [-0.3, -0.25) is 0 Å². The molecule has 7 aromatic carbocycles. The maximum absolute atomic E-state index is 5.42. The molecule has 0 atom stereocenters. The van der Waals surface area contributed by atoms with Crippen molar-refractivity contribution < 1.29 is 0 Å². The Labute approximate surface area is 289 Å². The van der Waals surface area contributed by atoms with Crippen molar-refractivity contribution >= 4 is 95.7 Å². The Morgan fingerprint density at radius 2 is 1.12 bits per heavy atom. The van der Waals surface area contributed by atoms with Crippen LogP contribution in [0.25, 0.3) is 101 Å². The van der Waals surface area contributed by atoms with Crippen molar-refractivity contribution in [2.24, 2.45) is 0 Å². The molecular weight excluding hydrogens is 635 g/mol. The van der Waals surface area contributed by atoms with Gasteiger partial charge in [0.25, 0.3) is 0 Å². The van der Waals surface area contributed by atoms with Crippen LogP contribution < -0.4 is 0 Å². The van der Waals surface area contributed by atoms with Gasteiger partial charge in [0, 0.05) is 47.5 Å². The molecule has 0 aliphatic rings. The minimum Gasteiger partial charge on any atom is -0.308 e. The summed E-state index contributed by atoms with van der Waals surface area (Å²) >= 11 is 3.63. The SMILES string of the molecule is c1ccc(-c2nc(-c3cc4ccccc4c4c3sc3c(-n5c6ccccc6c6ccccc65)cccc34)nc3c2sc2ccccc23)cc1. The van der Waals surface area contributed by atoms with Crippen molar-refractivity contribution in [3.8, 4) is 28.3 Å². The summed E-state index contributed by atoms with van der Waals surface area (Å²) in [4.78, 5) is 10.8. The molecular formula is C44H25N3S2. The van der Waals surface area contributed by atoms with Gasteiger partial charge in [-0.1, -0.05) is 121 Å². The van der Waals surface area contributed by atoms with Crippen LogP contribution in [0.4, 0.5) is 0 Å². The minimum atomic E-state index is 0.760. The summed E-state index contributed by atoms with van der Waals surface area (Å²) in [5.41, 5.74) is 7.78. The van der Waals surface area contributed by atoms with Gasteiger partial charge in [0.15, 0.2) is 5.82 Å². The van der Waals surface area contributed by atoms with Gasteiger partial charge in [-0.25, -0.2) is 9.97 Å². The zero-order valence-electron chi connectivity index (χ0n) is 26.1. The van der Waals surface area contributed by atoms with Gasteiger partial charge in [-0.15, -0.1) is 22.7 Å². The molecule has 0 amide bonds. The van der Waals surface area contributed by atoms with Gasteiger partial charge in [-0.05, 0) is 41.1 Å². The third-order valence-electron chi connectivity index (χ3n) is 9.80. The molecule has 0 unspecified atom stereocenters. The standard InChI is InChI=1S/C44H25N3S2/c1-2-13-26(14-3-1)39-43-40(31-19-8-11-24-37(31)48-43)46-44(45-39)33-25-27-15-4-5-16-28(27)38-32-20-12-23-36(41(32)49-42(33)38)47-34-21-9-6-17-29(34)30-18-7-10-22-35(30)47/h1-25H. The second-order valence-electron chi connectivity index (χ2n) is 12.5. The van der Waals surface area contributed by atoms with Gasteiger partial charge in [-0.2, -0.15) is 0 Å². The molecule has 3 nitrogen and oxygen atoms in total. The Morgan fingerprint density at radius 1 is 0.469 bits per heavy atom. The zero-order chi connectivity index (χ0) is 32.1. The average molecular weight is 660 g/mol. The van der Waals surface area contributed by atoms with Crippen molar-refractivity contribution in [1.29, 1.82) is 0 Å². The number of nitrogens with zero attached hydrogens (tertiary/aromatic N) is 3. The van der Waals surface area contributed by atoms with E-state index in [1.165, 1.54) is 68.5 Å². The topological polar surface area (TPSA) is 30.7 Å². The highest BCUT2D eigenvalue weighted by Crippen LogP contribution is 2.47. The molecule has 0 aliphatic carbocycles. The summed E-state index contributed by atoms with van der Waals surface area (Å²) < 4.78 is 7.25. The van der Waals surface area contributed by atoms with E-state index in [1.807, 2.05) is 11.3 Å². The van der Waals surface area contributed by atoms with Crippen LogP contribution in [0.1, 0.15) is 0 Å². The third kappa shape index (κ3) is 3.88. The van der Waals surface area contributed by atoms with Crippen molar-refractivity contribution in [2.45, 2.75) is 0 Å². The second-order valence-corrected chi connectivity index (χ2v) is 14.6. The number of para-hydroxylation sites is 2. The first-order valence-corrected chi connectivity index (χ1v) is 18.1. The molecule has 0 radical (unpaired) electrons. The van der Waals surface area contributed by atoms with Gasteiger partial charge in [0.2, 0.25) is 0 Å². The van der Waals surface area contributed by atoms with E-state index in [4.69, 9.17) is 9.97 Å². The zero-order valence-corrected chi connectivity index (χ0v) is 27.7. The van der Waals surface area contributed by atoms with E-state index >= 15 is 0 Å². The van der Waals surface area contributed by atoms with Crippen molar-refractivity contribution in [1.82, 2.24) is 14.5 Å². The summed E-state index contributed by atoms with van der Waals surface area (Å²) in [7, 11) is 0. The smallest absolute Gasteiger partial charge is 0.162 e. The Bertz CT molecular complexity index is 3060. The van der Waals surface area contributed by atoms with E-state index in [9.17, 15) is 0 Å². The maximum atomic E-state index is 5.42. The molecule has 0 fully saturated rings. The molecule has 0 bridgehead atoms. The number of rotatable bonds is 3.